The van der Waals surface area contributed by atoms with E-state index in [-0.39, 0.29) is 24.1 Å². The highest BCUT2D eigenvalue weighted by atomic mass is 35.5. The van der Waals surface area contributed by atoms with Gasteiger partial charge in [0.05, 0.1) is 4.70 Å². The van der Waals surface area contributed by atoms with E-state index in [1.807, 2.05) is 57.1 Å². The second-order valence-corrected chi connectivity index (χ2v) is 7.67. The molecule has 0 saturated carbocycles. The topological polar surface area (TPSA) is 36.4 Å². The van der Waals surface area contributed by atoms with Gasteiger partial charge in [0.25, 0.3) is 5.91 Å². The maximum atomic E-state index is 14.1. The molecule has 0 saturated heterocycles. The van der Waals surface area contributed by atoms with Gasteiger partial charge in [-0.05, 0) is 51.7 Å². The first-order valence-corrected chi connectivity index (χ1v) is 9.27. The van der Waals surface area contributed by atoms with Gasteiger partial charge in [0, 0.05) is 18.7 Å². The van der Waals surface area contributed by atoms with E-state index < -0.39 is 0 Å². The lowest BCUT2D eigenvalue weighted by molar-refractivity contribution is 0.0984. The van der Waals surface area contributed by atoms with Gasteiger partial charge >= 0.3 is 0 Å². The molecule has 2 aromatic carbocycles. The molecular formula is C20H23ClFN3OS. The molecule has 1 aromatic heterocycles. The average Bonchev–Trinajstić information content (AvgIpc) is 3.02. The molecule has 0 aliphatic rings. The molecule has 0 fully saturated rings. The lowest BCUT2D eigenvalue weighted by Gasteiger charge is -2.23. The number of rotatable bonds is 5. The van der Waals surface area contributed by atoms with Crippen LogP contribution in [0.15, 0.2) is 36.4 Å². The normalized spacial score (nSPS) is 10.9. The molecule has 7 heteroatoms. The fraction of sp³-hybridized carbons (Fsp3) is 0.300. The summed E-state index contributed by atoms with van der Waals surface area (Å²) in [6.45, 7) is 5.07. The van der Waals surface area contributed by atoms with Crippen molar-refractivity contribution in [3.05, 3.63) is 58.9 Å². The second kappa shape index (κ2) is 8.78. The van der Waals surface area contributed by atoms with E-state index >= 15 is 0 Å². The average molecular weight is 408 g/mol. The number of hydrogen-bond donors (Lipinski definition) is 0. The van der Waals surface area contributed by atoms with Crippen LogP contribution in [0, 0.1) is 19.7 Å². The van der Waals surface area contributed by atoms with Crippen molar-refractivity contribution >= 4 is 45.0 Å². The van der Waals surface area contributed by atoms with Crippen molar-refractivity contribution in [1.82, 2.24) is 9.88 Å². The molecule has 0 aliphatic heterocycles. The highest BCUT2D eigenvalue weighted by Crippen LogP contribution is 2.31. The molecule has 27 heavy (non-hydrogen) atoms. The van der Waals surface area contributed by atoms with Gasteiger partial charge in [0.1, 0.15) is 11.3 Å². The molecule has 0 bridgehead atoms. The van der Waals surface area contributed by atoms with Crippen LogP contribution in [-0.2, 0) is 0 Å². The van der Waals surface area contributed by atoms with E-state index in [0.29, 0.717) is 29.3 Å². The number of hydrogen-bond acceptors (Lipinski definition) is 4. The number of amides is 1. The van der Waals surface area contributed by atoms with Gasteiger partial charge in [-0.25, -0.2) is 9.37 Å². The van der Waals surface area contributed by atoms with Gasteiger partial charge in [-0.1, -0.05) is 35.1 Å². The number of para-hydroxylation sites is 1. The number of fused-ring (bicyclic) bond motifs is 1. The Balaban J connectivity index is 0.00000261. The van der Waals surface area contributed by atoms with Gasteiger partial charge in [-0.15, -0.1) is 12.4 Å². The van der Waals surface area contributed by atoms with Crippen molar-refractivity contribution in [1.29, 1.82) is 0 Å². The molecule has 0 aliphatic carbocycles. The Morgan fingerprint density at radius 1 is 1.15 bits per heavy atom. The summed E-state index contributed by atoms with van der Waals surface area (Å²) in [5.74, 6) is -0.468. The molecule has 144 valence electrons. The number of thiazole rings is 1. The lowest BCUT2D eigenvalue weighted by Crippen LogP contribution is -2.37. The molecule has 0 spiro atoms. The van der Waals surface area contributed by atoms with Gasteiger partial charge in [-0.3, -0.25) is 9.69 Å². The first-order chi connectivity index (χ1) is 12.4. The zero-order valence-electron chi connectivity index (χ0n) is 15.8. The Hall–Kier alpha value is -2.02. The third-order valence-electron chi connectivity index (χ3n) is 4.23. The summed E-state index contributed by atoms with van der Waals surface area (Å²) >= 11 is 1.34. The van der Waals surface area contributed by atoms with Crippen LogP contribution < -0.4 is 4.90 Å². The number of carbonyl (C=O) groups excluding carboxylic acids is 1. The van der Waals surface area contributed by atoms with E-state index in [1.54, 1.807) is 11.0 Å². The molecular weight excluding hydrogens is 385 g/mol. The fourth-order valence-electron chi connectivity index (χ4n) is 2.71. The highest BCUT2D eigenvalue weighted by molar-refractivity contribution is 7.22. The zero-order chi connectivity index (χ0) is 18.8. The summed E-state index contributed by atoms with van der Waals surface area (Å²) in [7, 11) is 3.91. The van der Waals surface area contributed by atoms with E-state index in [1.165, 1.54) is 17.4 Å². The number of likely N-dealkylation sites (N-methyl/N-ethyl adjacent to an activating group) is 1. The summed E-state index contributed by atoms with van der Waals surface area (Å²) < 4.78 is 14.8. The molecule has 1 heterocycles. The lowest BCUT2D eigenvalue weighted by atomic mass is 10.0. The zero-order valence-corrected chi connectivity index (χ0v) is 17.5. The Morgan fingerprint density at radius 3 is 2.56 bits per heavy atom. The van der Waals surface area contributed by atoms with Crippen molar-refractivity contribution in [2.45, 2.75) is 13.8 Å². The molecule has 3 rings (SSSR count). The second-order valence-electron chi connectivity index (χ2n) is 6.66. The minimum absolute atomic E-state index is 0. The maximum Gasteiger partial charge on any atom is 0.260 e. The van der Waals surface area contributed by atoms with Gasteiger partial charge < -0.3 is 4.90 Å². The first-order valence-electron chi connectivity index (χ1n) is 8.45. The van der Waals surface area contributed by atoms with Crippen molar-refractivity contribution in [3.8, 4) is 0 Å². The Labute approximate surface area is 169 Å². The summed E-state index contributed by atoms with van der Waals surface area (Å²) in [5.41, 5.74) is 2.92. The predicted molar refractivity (Wildman–Crippen MR) is 113 cm³/mol. The van der Waals surface area contributed by atoms with Crippen LogP contribution in [0.4, 0.5) is 9.52 Å². The minimum atomic E-state index is -0.364. The molecule has 4 nitrogen and oxygen atoms in total. The van der Waals surface area contributed by atoms with Crippen molar-refractivity contribution < 1.29 is 9.18 Å². The van der Waals surface area contributed by atoms with Gasteiger partial charge in [0.2, 0.25) is 0 Å². The Morgan fingerprint density at radius 2 is 1.89 bits per heavy atom. The monoisotopic (exact) mass is 407 g/mol. The number of aryl methyl sites for hydroxylation is 2. The number of nitrogens with zero attached hydrogens (tertiary/aromatic N) is 3. The number of carbonyl (C=O) groups is 1. The van der Waals surface area contributed by atoms with Crippen LogP contribution in [0.2, 0.25) is 0 Å². The summed E-state index contributed by atoms with van der Waals surface area (Å²) in [5, 5.41) is 0.526. The van der Waals surface area contributed by atoms with Crippen LogP contribution in [0.1, 0.15) is 21.5 Å². The van der Waals surface area contributed by atoms with Crippen molar-refractivity contribution in [3.63, 3.8) is 0 Å². The minimum Gasteiger partial charge on any atom is -0.308 e. The number of halogens is 2. The van der Waals surface area contributed by atoms with E-state index in [0.717, 1.165) is 15.8 Å². The summed E-state index contributed by atoms with van der Waals surface area (Å²) in [6, 6.07) is 10.7. The molecule has 3 aromatic rings. The molecule has 0 atom stereocenters. The molecule has 0 radical (unpaired) electrons. The Kier molecular flexibility index (Phi) is 6.92. The van der Waals surface area contributed by atoms with Crippen LogP contribution in [-0.4, -0.2) is 43.0 Å². The van der Waals surface area contributed by atoms with Crippen molar-refractivity contribution in [2.75, 3.05) is 32.1 Å². The smallest absolute Gasteiger partial charge is 0.260 e. The largest absolute Gasteiger partial charge is 0.308 e. The standard InChI is InChI=1S/C20H22FN3OS.ClH/c1-13-8-9-14(2)15(12-13)19(25)24(11-10-23(3)4)20-22-18-16(21)6-5-7-17(18)26-20;/h5-9,12H,10-11H2,1-4H3;1H. The number of anilines is 1. The summed E-state index contributed by atoms with van der Waals surface area (Å²) in [4.78, 5) is 21.4. The predicted octanol–water partition coefficient (Wildman–Crippen LogP) is 4.68. The van der Waals surface area contributed by atoms with Crippen LogP contribution in [0.5, 0.6) is 0 Å². The van der Waals surface area contributed by atoms with Gasteiger partial charge in [-0.2, -0.15) is 0 Å². The highest BCUT2D eigenvalue weighted by Gasteiger charge is 2.23. The van der Waals surface area contributed by atoms with Crippen LogP contribution >= 0.6 is 23.7 Å². The van der Waals surface area contributed by atoms with Crippen LogP contribution in [0.3, 0.4) is 0 Å². The Bertz CT molecular complexity index is 958. The number of benzene rings is 2. The van der Waals surface area contributed by atoms with Crippen molar-refractivity contribution in [2.24, 2.45) is 0 Å². The summed E-state index contributed by atoms with van der Waals surface area (Å²) in [6.07, 6.45) is 0. The molecule has 0 N–H and O–H groups in total. The quantitative estimate of drug-likeness (QED) is 0.616. The maximum absolute atomic E-state index is 14.1. The fourth-order valence-corrected chi connectivity index (χ4v) is 3.72. The SMILES string of the molecule is Cc1ccc(C)c(C(=O)N(CCN(C)C)c2nc3c(F)cccc3s2)c1.Cl. The number of aromatic nitrogens is 1. The van der Waals surface area contributed by atoms with E-state index in [9.17, 15) is 9.18 Å². The third kappa shape index (κ3) is 4.64. The van der Waals surface area contributed by atoms with E-state index in [2.05, 4.69) is 4.98 Å². The molecule has 1 amide bonds. The first kappa shape index (κ1) is 21.3. The van der Waals surface area contributed by atoms with Crippen LogP contribution in [0.25, 0.3) is 10.2 Å². The van der Waals surface area contributed by atoms with E-state index in [4.69, 9.17) is 0 Å². The molecule has 0 unspecified atom stereocenters. The third-order valence-corrected chi connectivity index (χ3v) is 5.27. The van der Waals surface area contributed by atoms with Gasteiger partial charge in [0.15, 0.2) is 5.13 Å².